The van der Waals surface area contributed by atoms with Gasteiger partial charge in [-0.3, -0.25) is 0 Å². The van der Waals surface area contributed by atoms with Crippen LogP contribution in [0.1, 0.15) is 24.9 Å². The van der Waals surface area contributed by atoms with E-state index in [0.717, 1.165) is 5.56 Å². The van der Waals surface area contributed by atoms with Crippen molar-refractivity contribution in [1.82, 2.24) is 5.32 Å². The summed E-state index contributed by atoms with van der Waals surface area (Å²) in [6, 6.07) is 9.56. The standard InChI is InChI=1S/C14H20N2O3S/c1-12(16-9-3-11-20(2,17)18)13-4-6-14(7-5-13)19-10-8-15/h4-7,12,16H,3,9-11H2,1-2H3. The Hall–Kier alpha value is -1.58. The van der Waals surface area contributed by atoms with Crippen molar-refractivity contribution >= 4 is 9.84 Å². The molecule has 0 saturated heterocycles. The Bertz CT molecular complexity index is 547. The molecule has 0 aromatic heterocycles. The van der Waals surface area contributed by atoms with Gasteiger partial charge in [0.1, 0.15) is 21.7 Å². The number of nitrogens with zero attached hydrogens (tertiary/aromatic N) is 1. The third-order valence-corrected chi connectivity index (χ3v) is 3.86. The first-order chi connectivity index (χ1) is 9.42. The molecule has 0 bridgehead atoms. The number of benzene rings is 1. The number of hydrogen-bond acceptors (Lipinski definition) is 5. The highest BCUT2D eigenvalue weighted by atomic mass is 32.2. The van der Waals surface area contributed by atoms with Crippen molar-refractivity contribution in [3.8, 4) is 11.8 Å². The van der Waals surface area contributed by atoms with Crippen LogP contribution < -0.4 is 10.1 Å². The van der Waals surface area contributed by atoms with Crippen LogP contribution in [0.25, 0.3) is 0 Å². The van der Waals surface area contributed by atoms with Gasteiger partial charge in [0.15, 0.2) is 6.61 Å². The molecule has 0 saturated carbocycles. The lowest BCUT2D eigenvalue weighted by Gasteiger charge is -2.14. The zero-order chi connectivity index (χ0) is 15.0. The SMILES string of the molecule is CC(NCCCS(C)(=O)=O)c1ccc(OCC#N)cc1. The summed E-state index contributed by atoms with van der Waals surface area (Å²) in [4.78, 5) is 0. The molecule has 0 aliphatic heterocycles. The second-order valence-electron chi connectivity index (χ2n) is 4.68. The van der Waals surface area contributed by atoms with Gasteiger partial charge < -0.3 is 10.1 Å². The molecule has 1 aromatic carbocycles. The first kappa shape index (κ1) is 16.5. The summed E-state index contributed by atoms with van der Waals surface area (Å²) in [6.45, 7) is 2.71. The van der Waals surface area contributed by atoms with Crippen molar-refractivity contribution < 1.29 is 13.2 Å². The molecule has 1 N–H and O–H groups in total. The van der Waals surface area contributed by atoms with E-state index in [0.29, 0.717) is 18.7 Å². The molecule has 110 valence electrons. The van der Waals surface area contributed by atoms with Crippen LogP contribution in [0.15, 0.2) is 24.3 Å². The lowest BCUT2D eigenvalue weighted by molar-refractivity contribution is 0.368. The van der Waals surface area contributed by atoms with Gasteiger partial charge in [-0.2, -0.15) is 5.26 Å². The lowest BCUT2D eigenvalue weighted by Crippen LogP contribution is -2.21. The summed E-state index contributed by atoms with van der Waals surface area (Å²) in [5.41, 5.74) is 1.09. The van der Waals surface area contributed by atoms with E-state index < -0.39 is 9.84 Å². The van der Waals surface area contributed by atoms with Crippen LogP contribution in [0, 0.1) is 11.3 Å². The number of rotatable bonds is 8. The molecule has 0 amide bonds. The highest BCUT2D eigenvalue weighted by Gasteiger charge is 2.06. The van der Waals surface area contributed by atoms with Crippen LogP contribution in [0.3, 0.4) is 0 Å². The molecular formula is C14H20N2O3S. The number of hydrogen-bond donors (Lipinski definition) is 1. The van der Waals surface area contributed by atoms with Crippen LogP contribution in [0.4, 0.5) is 0 Å². The van der Waals surface area contributed by atoms with Crippen molar-refractivity contribution in [1.29, 1.82) is 5.26 Å². The second kappa shape index (κ2) is 7.88. The van der Waals surface area contributed by atoms with E-state index in [-0.39, 0.29) is 18.4 Å². The van der Waals surface area contributed by atoms with Gasteiger partial charge in [0.25, 0.3) is 0 Å². The molecule has 0 aliphatic carbocycles. The number of ether oxygens (including phenoxy) is 1. The average Bonchev–Trinajstić information content (AvgIpc) is 2.40. The predicted molar refractivity (Wildman–Crippen MR) is 78.3 cm³/mol. The fourth-order valence-electron chi connectivity index (χ4n) is 1.74. The first-order valence-corrected chi connectivity index (χ1v) is 8.49. The molecule has 0 fully saturated rings. The van der Waals surface area contributed by atoms with Crippen molar-refractivity contribution in [2.45, 2.75) is 19.4 Å². The molecular weight excluding hydrogens is 276 g/mol. The van der Waals surface area contributed by atoms with Crippen molar-refractivity contribution in [2.24, 2.45) is 0 Å². The molecule has 1 atom stereocenters. The second-order valence-corrected chi connectivity index (χ2v) is 6.93. The van der Waals surface area contributed by atoms with Crippen LogP contribution in [-0.2, 0) is 9.84 Å². The smallest absolute Gasteiger partial charge is 0.174 e. The normalized spacial score (nSPS) is 12.7. The molecule has 1 aromatic rings. The van der Waals surface area contributed by atoms with Crippen LogP contribution in [0.2, 0.25) is 0 Å². The number of nitriles is 1. The van der Waals surface area contributed by atoms with E-state index in [2.05, 4.69) is 5.32 Å². The van der Waals surface area contributed by atoms with E-state index >= 15 is 0 Å². The molecule has 20 heavy (non-hydrogen) atoms. The zero-order valence-corrected chi connectivity index (χ0v) is 12.6. The molecule has 1 rings (SSSR count). The summed E-state index contributed by atoms with van der Waals surface area (Å²) in [6.07, 6.45) is 1.85. The molecule has 0 aliphatic rings. The molecule has 0 heterocycles. The van der Waals surface area contributed by atoms with E-state index in [9.17, 15) is 8.42 Å². The fraction of sp³-hybridized carbons (Fsp3) is 0.500. The van der Waals surface area contributed by atoms with Gasteiger partial charge in [-0.15, -0.1) is 0 Å². The van der Waals surface area contributed by atoms with Crippen molar-refractivity contribution in [3.63, 3.8) is 0 Å². The van der Waals surface area contributed by atoms with Crippen LogP contribution in [-0.4, -0.2) is 33.6 Å². The van der Waals surface area contributed by atoms with Crippen molar-refractivity contribution in [3.05, 3.63) is 29.8 Å². The molecule has 0 spiro atoms. The quantitative estimate of drug-likeness (QED) is 0.738. The van der Waals surface area contributed by atoms with E-state index in [1.807, 2.05) is 37.3 Å². The largest absolute Gasteiger partial charge is 0.479 e. The maximum atomic E-state index is 11.0. The fourth-order valence-corrected chi connectivity index (χ4v) is 2.41. The van der Waals surface area contributed by atoms with Gasteiger partial charge in [0.2, 0.25) is 0 Å². The maximum absolute atomic E-state index is 11.0. The Kier molecular flexibility index (Phi) is 6.49. The zero-order valence-electron chi connectivity index (χ0n) is 11.8. The van der Waals surface area contributed by atoms with E-state index in [4.69, 9.17) is 10.00 Å². The average molecular weight is 296 g/mol. The van der Waals surface area contributed by atoms with Crippen LogP contribution >= 0.6 is 0 Å². The highest BCUT2D eigenvalue weighted by Crippen LogP contribution is 2.17. The van der Waals surface area contributed by atoms with E-state index in [1.54, 1.807) is 0 Å². The molecule has 1 unspecified atom stereocenters. The Morgan fingerprint density at radius 2 is 2.00 bits per heavy atom. The lowest BCUT2D eigenvalue weighted by atomic mass is 10.1. The summed E-state index contributed by atoms with van der Waals surface area (Å²) in [5.74, 6) is 0.868. The summed E-state index contributed by atoms with van der Waals surface area (Å²) in [7, 11) is -2.88. The van der Waals surface area contributed by atoms with Gasteiger partial charge in [-0.25, -0.2) is 8.42 Å². The molecule has 0 radical (unpaired) electrons. The minimum Gasteiger partial charge on any atom is -0.479 e. The van der Waals surface area contributed by atoms with Gasteiger partial charge in [0.05, 0.1) is 5.75 Å². The van der Waals surface area contributed by atoms with Gasteiger partial charge >= 0.3 is 0 Å². The first-order valence-electron chi connectivity index (χ1n) is 6.43. The van der Waals surface area contributed by atoms with Crippen molar-refractivity contribution in [2.75, 3.05) is 25.2 Å². The summed E-state index contributed by atoms with van der Waals surface area (Å²) < 4.78 is 27.2. The van der Waals surface area contributed by atoms with Crippen LogP contribution in [0.5, 0.6) is 5.75 Å². The maximum Gasteiger partial charge on any atom is 0.174 e. The van der Waals surface area contributed by atoms with Gasteiger partial charge in [0, 0.05) is 12.3 Å². The Morgan fingerprint density at radius 3 is 2.55 bits per heavy atom. The van der Waals surface area contributed by atoms with Gasteiger partial charge in [-0.1, -0.05) is 12.1 Å². The summed E-state index contributed by atoms with van der Waals surface area (Å²) in [5, 5.41) is 11.7. The Morgan fingerprint density at radius 1 is 1.35 bits per heavy atom. The highest BCUT2D eigenvalue weighted by molar-refractivity contribution is 7.90. The van der Waals surface area contributed by atoms with E-state index in [1.165, 1.54) is 6.26 Å². The monoisotopic (exact) mass is 296 g/mol. The Labute approximate surface area is 120 Å². The molecule has 5 nitrogen and oxygen atoms in total. The summed E-state index contributed by atoms with van der Waals surface area (Å²) >= 11 is 0. The number of sulfone groups is 1. The topological polar surface area (TPSA) is 79.2 Å². The predicted octanol–water partition coefficient (Wildman–Crippen LogP) is 1.67. The van der Waals surface area contributed by atoms with Gasteiger partial charge in [-0.05, 0) is 37.6 Å². The molecule has 6 heteroatoms. The third-order valence-electron chi connectivity index (χ3n) is 2.83. The third kappa shape index (κ3) is 6.55. The minimum absolute atomic E-state index is 0.0403. The minimum atomic E-state index is -2.88. The Balaban J connectivity index is 2.40. The number of nitrogens with one attached hydrogen (secondary N) is 1.